The number of primary amides is 1. The third-order valence-electron chi connectivity index (χ3n) is 8.47. The van der Waals surface area contributed by atoms with E-state index in [-0.39, 0.29) is 30.9 Å². The Hall–Kier alpha value is -3.38. The highest BCUT2D eigenvalue weighted by Crippen LogP contribution is 2.35. The molecule has 0 radical (unpaired) electrons. The maximum absolute atomic E-state index is 14.2. The molecule has 1 unspecified atom stereocenters. The van der Waals surface area contributed by atoms with E-state index >= 15 is 0 Å². The third kappa shape index (κ3) is 10.1. The number of hydrogen-bond acceptors (Lipinski definition) is 7. The molecule has 1 saturated carbocycles. The minimum atomic E-state index is -1.11. The van der Waals surface area contributed by atoms with Gasteiger partial charge in [-0.15, -0.1) is 0 Å². The molecule has 0 bridgehead atoms. The van der Waals surface area contributed by atoms with Crippen LogP contribution in [0.5, 0.6) is 0 Å². The normalized spacial score (nSPS) is 20.8. The van der Waals surface area contributed by atoms with E-state index in [2.05, 4.69) is 16.0 Å². The molecular weight excluding hydrogens is 568 g/mol. The second-order valence-electron chi connectivity index (χ2n) is 14.9. The molecule has 1 saturated heterocycles. The molecule has 1 heterocycles. The molecule has 250 valence electrons. The van der Waals surface area contributed by atoms with Gasteiger partial charge in [-0.3, -0.25) is 19.2 Å². The smallest absolute Gasteiger partial charge is 0.409 e. The average Bonchev–Trinajstić information content (AvgIpc) is 3.59. The molecule has 0 spiro atoms. The van der Waals surface area contributed by atoms with Crippen LogP contribution in [0.4, 0.5) is 9.59 Å². The monoisotopic (exact) mass is 622 g/mol. The maximum atomic E-state index is 14.2. The molecule has 1 aliphatic heterocycles. The van der Waals surface area contributed by atoms with Crippen LogP contribution in [-0.2, 0) is 23.9 Å². The third-order valence-corrected chi connectivity index (χ3v) is 8.47. The standard InChI is InChI=1S/C31H54N6O7/c1-17(2)19-13-14-37(22(19)26(40)33-20(15-18-11-12-18)23(38)25(32)39)27(41)24(31(6,7)8)35-28(42)34-21(30(3,4)5)16-44-29(43)36(9)10/h17-22,24H,11-16H2,1-10H3,(H2,32,39)(H,33,40)(H2,34,35,42)/t19-,20?,21-,22+,24-/m1/s1. The Bertz CT molecular complexity index is 1090. The summed E-state index contributed by atoms with van der Waals surface area (Å²) in [6.45, 7) is 15.3. The summed E-state index contributed by atoms with van der Waals surface area (Å²) in [4.78, 5) is 80.4. The highest BCUT2D eigenvalue weighted by Gasteiger charge is 2.48. The number of hydrogen-bond donors (Lipinski definition) is 4. The summed E-state index contributed by atoms with van der Waals surface area (Å²) in [6.07, 6.45) is 2.17. The Kier molecular flexibility index (Phi) is 12.2. The summed E-state index contributed by atoms with van der Waals surface area (Å²) in [6, 6.07) is -4.13. The second kappa shape index (κ2) is 14.6. The molecule has 44 heavy (non-hydrogen) atoms. The Morgan fingerprint density at radius 1 is 0.909 bits per heavy atom. The van der Waals surface area contributed by atoms with Crippen LogP contribution in [0, 0.1) is 28.6 Å². The molecule has 0 aromatic heterocycles. The summed E-state index contributed by atoms with van der Waals surface area (Å²) < 4.78 is 5.33. The highest BCUT2D eigenvalue weighted by atomic mass is 16.6. The SMILES string of the molecule is CC(C)[C@H]1CCN(C(=O)[C@@H](NC(=O)N[C@H](COC(=O)N(C)C)C(C)(C)C)C(C)(C)C)[C@@H]1C(=O)NC(CC1CC1)C(=O)C(N)=O. The number of Topliss-reactive ketones (excluding diaryl/α,β-unsaturated/α-hetero) is 1. The summed E-state index contributed by atoms with van der Waals surface area (Å²) in [5, 5.41) is 8.42. The molecule has 2 aliphatic rings. The molecule has 13 heteroatoms. The van der Waals surface area contributed by atoms with Gasteiger partial charge in [0.15, 0.2) is 0 Å². The zero-order chi connectivity index (χ0) is 33.7. The van der Waals surface area contributed by atoms with Crippen molar-refractivity contribution >= 4 is 35.6 Å². The molecular formula is C31H54N6O7. The van der Waals surface area contributed by atoms with Crippen molar-refractivity contribution in [3.63, 3.8) is 0 Å². The van der Waals surface area contributed by atoms with Gasteiger partial charge in [-0.1, -0.05) is 68.2 Å². The first-order valence-corrected chi connectivity index (χ1v) is 15.5. The number of ketones is 1. The van der Waals surface area contributed by atoms with Gasteiger partial charge >= 0.3 is 12.1 Å². The van der Waals surface area contributed by atoms with Crippen molar-refractivity contribution in [1.82, 2.24) is 25.8 Å². The number of amides is 6. The van der Waals surface area contributed by atoms with Crippen molar-refractivity contribution in [1.29, 1.82) is 0 Å². The van der Waals surface area contributed by atoms with E-state index in [0.717, 1.165) is 12.8 Å². The maximum Gasteiger partial charge on any atom is 0.409 e. The lowest BCUT2D eigenvalue weighted by Gasteiger charge is -2.38. The van der Waals surface area contributed by atoms with Crippen molar-refractivity contribution in [3.8, 4) is 0 Å². The van der Waals surface area contributed by atoms with Crippen LogP contribution < -0.4 is 21.7 Å². The van der Waals surface area contributed by atoms with Crippen molar-refractivity contribution in [2.24, 2.45) is 34.3 Å². The second-order valence-corrected chi connectivity index (χ2v) is 14.9. The number of nitrogens with zero attached hydrogens (tertiary/aromatic N) is 2. The average molecular weight is 623 g/mol. The number of likely N-dealkylation sites (tertiary alicyclic amines) is 1. The van der Waals surface area contributed by atoms with Crippen molar-refractivity contribution < 1.29 is 33.5 Å². The zero-order valence-electron chi connectivity index (χ0n) is 28.1. The summed E-state index contributed by atoms with van der Waals surface area (Å²) in [5.41, 5.74) is 4.06. The quantitative estimate of drug-likeness (QED) is 0.240. The fraction of sp³-hybridized carbons (Fsp3) is 0.806. The summed E-state index contributed by atoms with van der Waals surface area (Å²) in [5.74, 6) is -2.82. The van der Waals surface area contributed by atoms with Gasteiger partial charge in [0.25, 0.3) is 5.91 Å². The summed E-state index contributed by atoms with van der Waals surface area (Å²) >= 11 is 0. The fourth-order valence-electron chi connectivity index (χ4n) is 5.38. The number of carbonyl (C=O) groups excluding carboxylic acids is 6. The number of nitrogens with two attached hydrogens (primary N) is 1. The van der Waals surface area contributed by atoms with Crippen LogP contribution in [0.2, 0.25) is 0 Å². The van der Waals surface area contributed by atoms with Crippen LogP contribution in [0.1, 0.15) is 81.1 Å². The number of rotatable bonds is 12. The fourth-order valence-corrected chi connectivity index (χ4v) is 5.38. The van der Waals surface area contributed by atoms with Crippen LogP contribution in [-0.4, -0.2) is 96.8 Å². The van der Waals surface area contributed by atoms with Gasteiger partial charge in [-0.2, -0.15) is 0 Å². The molecule has 6 amide bonds. The van der Waals surface area contributed by atoms with Crippen molar-refractivity contribution in [2.75, 3.05) is 27.2 Å². The Balaban J connectivity index is 2.29. The molecule has 5 N–H and O–H groups in total. The molecule has 1 aliphatic carbocycles. The van der Waals surface area contributed by atoms with Crippen LogP contribution in [0.25, 0.3) is 0 Å². The lowest BCUT2D eigenvalue weighted by molar-refractivity contribution is -0.144. The Morgan fingerprint density at radius 3 is 1.95 bits per heavy atom. The summed E-state index contributed by atoms with van der Waals surface area (Å²) in [7, 11) is 3.12. The molecule has 0 aromatic carbocycles. The van der Waals surface area contributed by atoms with E-state index in [1.54, 1.807) is 14.1 Å². The first-order valence-electron chi connectivity index (χ1n) is 15.5. The highest BCUT2D eigenvalue weighted by molar-refractivity contribution is 6.37. The van der Waals surface area contributed by atoms with Crippen molar-refractivity contribution in [2.45, 2.75) is 105 Å². The van der Waals surface area contributed by atoms with Crippen LogP contribution in [0.15, 0.2) is 0 Å². The van der Waals surface area contributed by atoms with Gasteiger partial charge in [0, 0.05) is 20.6 Å². The Morgan fingerprint density at radius 2 is 1.50 bits per heavy atom. The van der Waals surface area contributed by atoms with Gasteiger partial charge in [-0.25, -0.2) is 9.59 Å². The number of carbonyl (C=O) groups is 6. The minimum Gasteiger partial charge on any atom is -0.447 e. The predicted molar refractivity (Wildman–Crippen MR) is 165 cm³/mol. The molecule has 2 fully saturated rings. The first kappa shape index (κ1) is 36.8. The minimum absolute atomic E-state index is 0.0408. The van der Waals surface area contributed by atoms with E-state index in [1.165, 1.54) is 9.80 Å². The number of nitrogens with one attached hydrogen (secondary N) is 3. The van der Waals surface area contributed by atoms with Crippen LogP contribution in [0.3, 0.4) is 0 Å². The lowest BCUT2D eigenvalue weighted by Crippen LogP contribution is -2.62. The van der Waals surface area contributed by atoms with E-state index in [9.17, 15) is 28.8 Å². The molecule has 2 rings (SSSR count). The number of urea groups is 1. The van der Waals surface area contributed by atoms with E-state index in [0.29, 0.717) is 12.8 Å². The van der Waals surface area contributed by atoms with Gasteiger partial charge in [0.2, 0.25) is 17.6 Å². The zero-order valence-corrected chi connectivity index (χ0v) is 28.1. The molecule has 5 atom stereocenters. The molecule has 0 aromatic rings. The van der Waals surface area contributed by atoms with Gasteiger partial charge in [-0.05, 0) is 41.4 Å². The van der Waals surface area contributed by atoms with Crippen LogP contribution >= 0.6 is 0 Å². The Labute approximate surface area is 261 Å². The van der Waals surface area contributed by atoms with E-state index < -0.39 is 70.6 Å². The topological polar surface area (TPSA) is 180 Å². The van der Waals surface area contributed by atoms with E-state index in [4.69, 9.17) is 10.5 Å². The first-order chi connectivity index (χ1) is 20.1. The van der Waals surface area contributed by atoms with Gasteiger partial charge in [0.05, 0.1) is 12.1 Å². The van der Waals surface area contributed by atoms with Crippen molar-refractivity contribution in [3.05, 3.63) is 0 Å². The number of ether oxygens (including phenoxy) is 1. The lowest BCUT2D eigenvalue weighted by atomic mass is 9.84. The largest absolute Gasteiger partial charge is 0.447 e. The van der Waals surface area contributed by atoms with Gasteiger partial charge < -0.3 is 36.2 Å². The van der Waals surface area contributed by atoms with Gasteiger partial charge in [0.1, 0.15) is 18.7 Å². The predicted octanol–water partition coefficient (Wildman–Crippen LogP) is 2.03. The molecule has 13 nitrogen and oxygen atoms in total. The van der Waals surface area contributed by atoms with E-state index in [1.807, 2.05) is 55.4 Å².